The molecule has 13 heavy (non-hydrogen) atoms. The third-order valence-electron chi connectivity index (χ3n) is 1.88. The minimum atomic E-state index is 0.470. The fourth-order valence-electron chi connectivity index (χ4n) is 1.02. The first-order valence-electron chi connectivity index (χ1n) is 5.42. The van der Waals surface area contributed by atoms with Crippen LogP contribution in [0.3, 0.4) is 0 Å². The Hall–Kier alpha value is 0.517. The Kier molecular flexibility index (Phi) is 11.0. The summed E-state index contributed by atoms with van der Waals surface area (Å²) in [6.45, 7) is 6.54. The topological polar surface area (TPSA) is 18.5 Å². The zero-order valence-electron chi connectivity index (χ0n) is 9.34. The zero-order valence-corrected chi connectivity index (χ0v) is 9.34. The van der Waals surface area contributed by atoms with Gasteiger partial charge in [0.25, 0.3) is 0 Å². The van der Waals surface area contributed by atoms with Gasteiger partial charge in [-0.1, -0.05) is 0 Å². The van der Waals surface area contributed by atoms with Gasteiger partial charge >= 0.3 is 91.3 Å². The minimum absolute atomic E-state index is 0.470. The fourth-order valence-corrected chi connectivity index (χ4v) is 1.02. The van der Waals surface area contributed by atoms with Crippen LogP contribution >= 0.6 is 0 Å². The Morgan fingerprint density at radius 2 is 1.77 bits per heavy atom. The summed E-state index contributed by atoms with van der Waals surface area (Å²) < 4.78 is 11.3. The van der Waals surface area contributed by atoms with Crippen molar-refractivity contribution in [2.24, 2.45) is 0 Å². The van der Waals surface area contributed by atoms with E-state index in [4.69, 9.17) is 9.47 Å². The van der Waals surface area contributed by atoms with Crippen LogP contribution in [0.1, 0.15) is 39.5 Å². The normalized spacial score (nSPS) is 13.2. The number of hydrogen-bond donors (Lipinski definition) is 0. The number of unbranched alkanes of at least 4 members (excludes halogenated alkanes) is 1. The summed E-state index contributed by atoms with van der Waals surface area (Å²) in [7, 11) is 0. The van der Waals surface area contributed by atoms with Gasteiger partial charge in [0.05, 0.1) is 0 Å². The van der Waals surface area contributed by atoms with Crippen LogP contribution < -0.4 is 0 Å². The molecule has 0 aromatic rings. The summed E-state index contributed by atoms with van der Waals surface area (Å²) in [5, 5.41) is 0. The summed E-state index contributed by atoms with van der Waals surface area (Å²) in [5.41, 5.74) is 0. The molecule has 74 valence electrons. The van der Waals surface area contributed by atoms with E-state index >= 15 is 0 Å². The molecule has 1 atom stereocenters. The molecule has 0 amide bonds. The van der Waals surface area contributed by atoms with Crippen molar-refractivity contribution >= 4 is 17.7 Å². The maximum atomic E-state index is 5.31. The van der Waals surface area contributed by atoms with E-state index in [1.807, 2.05) is 0 Å². The second-order valence-electron chi connectivity index (χ2n) is 3.82. The van der Waals surface area contributed by atoms with E-state index in [9.17, 15) is 0 Å². The van der Waals surface area contributed by atoms with Crippen molar-refractivity contribution in [1.29, 1.82) is 0 Å². The van der Waals surface area contributed by atoms with Gasteiger partial charge in [0.1, 0.15) is 0 Å². The van der Waals surface area contributed by atoms with E-state index in [0.717, 1.165) is 30.6 Å². The van der Waals surface area contributed by atoms with Crippen molar-refractivity contribution in [3.63, 3.8) is 0 Å². The predicted molar refractivity (Wildman–Crippen MR) is 56.1 cm³/mol. The van der Waals surface area contributed by atoms with Crippen molar-refractivity contribution in [3.8, 4) is 0 Å². The summed E-state index contributed by atoms with van der Waals surface area (Å²) in [6, 6.07) is 0. The fraction of sp³-hybridized carbons (Fsp3) is 1.00. The quantitative estimate of drug-likeness (QED) is 0.308. The molecule has 0 spiro atoms. The van der Waals surface area contributed by atoms with E-state index < -0.39 is 0 Å². The summed E-state index contributed by atoms with van der Waals surface area (Å²) >= 11 is 2.23. The first-order chi connectivity index (χ1) is 6.27. The molecule has 2 nitrogen and oxygen atoms in total. The Bertz CT molecular complexity index is 96.9. The second kappa shape index (κ2) is 10.6. The Labute approximate surface area is 91.6 Å². The van der Waals surface area contributed by atoms with Gasteiger partial charge in [-0.25, -0.2) is 0 Å². The van der Waals surface area contributed by atoms with Crippen LogP contribution in [0.25, 0.3) is 0 Å². The van der Waals surface area contributed by atoms with Gasteiger partial charge in [0, 0.05) is 0 Å². The number of hydrogen-bond acceptors (Lipinski definition) is 2. The van der Waals surface area contributed by atoms with Crippen LogP contribution in [0.15, 0.2) is 0 Å². The third kappa shape index (κ3) is 12.5. The van der Waals surface area contributed by atoms with Gasteiger partial charge in [-0.3, -0.25) is 0 Å². The molecule has 0 aromatic heterocycles. The third-order valence-corrected chi connectivity index (χ3v) is 1.88. The molecule has 0 radical (unpaired) electrons. The van der Waals surface area contributed by atoms with Crippen molar-refractivity contribution in [1.82, 2.24) is 0 Å². The second-order valence-corrected chi connectivity index (χ2v) is 3.82. The van der Waals surface area contributed by atoms with E-state index in [2.05, 4.69) is 31.6 Å². The molecule has 0 fully saturated rings. The average molecular weight is 180 g/mol. The Morgan fingerprint density at radius 3 is 2.31 bits per heavy atom. The standard InChI is InChI=1S/C10H21O2.Li/c1-3-5-7-9-12-10-11-8-6-4-2;/h3H,4-10H2,1-2H3;. The SMILES string of the molecule is [Li][CH](C)CCCOCOCCCC. The molecule has 0 aromatic carbocycles. The van der Waals surface area contributed by atoms with Crippen molar-refractivity contribution in [2.45, 2.75) is 44.1 Å². The van der Waals surface area contributed by atoms with Crippen LogP contribution in [0, 0.1) is 0 Å². The maximum absolute atomic E-state index is 5.31. The molecule has 3 heteroatoms. The molecule has 0 rings (SSSR count). The van der Waals surface area contributed by atoms with Gasteiger partial charge in [-0.05, 0) is 0 Å². The van der Waals surface area contributed by atoms with E-state index in [0.29, 0.717) is 6.79 Å². The molecule has 0 heterocycles. The Balaban J connectivity index is 2.84. The molecule has 0 saturated heterocycles. The van der Waals surface area contributed by atoms with E-state index in [-0.39, 0.29) is 0 Å². The number of ether oxygens (including phenoxy) is 2. The molecule has 1 unspecified atom stereocenters. The molecule has 0 saturated carbocycles. The van der Waals surface area contributed by atoms with E-state index in [1.165, 1.54) is 12.8 Å². The molecular weight excluding hydrogens is 159 g/mol. The van der Waals surface area contributed by atoms with Gasteiger partial charge < -0.3 is 0 Å². The summed E-state index contributed by atoms with van der Waals surface area (Å²) in [5.74, 6) is 0. The van der Waals surface area contributed by atoms with Crippen LogP contribution in [0.2, 0.25) is 4.59 Å². The monoisotopic (exact) mass is 180 g/mol. The van der Waals surface area contributed by atoms with Crippen LogP contribution in [0.5, 0.6) is 0 Å². The first kappa shape index (κ1) is 13.5. The average Bonchev–Trinajstić information content (AvgIpc) is 2.09. The van der Waals surface area contributed by atoms with Crippen molar-refractivity contribution in [3.05, 3.63) is 0 Å². The molecule has 0 bridgehead atoms. The Morgan fingerprint density at radius 1 is 1.15 bits per heavy atom. The summed E-state index contributed by atoms with van der Waals surface area (Å²) in [4.78, 5) is 0. The van der Waals surface area contributed by atoms with Gasteiger partial charge in [-0.15, -0.1) is 0 Å². The molecule has 0 aliphatic carbocycles. The van der Waals surface area contributed by atoms with E-state index in [1.54, 1.807) is 0 Å². The van der Waals surface area contributed by atoms with Crippen molar-refractivity contribution in [2.75, 3.05) is 20.0 Å². The zero-order chi connectivity index (χ0) is 9.94. The molecule has 0 aliphatic heterocycles. The van der Waals surface area contributed by atoms with Crippen LogP contribution in [0.4, 0.5) is 0 Å². The molecule has 0 N–H and O–H groups in total. The first-order valence-corrected chi connectivity index (χ1v) is 5.42. The molecular formula is C10H21LiO2. The predicted octanol–water partition coefficient (Wildman–Crippen LogP) is 2.53. The molecule has 0 aliphatic rings. The van der Waals surface area contributed by atoms with Gasteiger partial charge in [0.2, 0.25) is 0 Å². The van der Waals surface area contributed by atoms with Crippen molar-refractivity contribution < 1.29 is 9.47 Å². The van der Waals surface area contributed by atoms with Gasteiger partial charge in [-0.2, -0.15) is 0 Å². The number of rotatable bonds is 9. The van der Waals surface area contributed by atoms with Crippen LogP contribution in [-0.2, 0) is 9.47 Å². The summed E-state index contributed by atoms with van der Waals surface area (Å²) in [6.07, 6.45) is 4.71. The van der Waals surface area contributed by atoms with Crippen LogP contribution in [-0.4, -0.2) is 37.7 Å². The van der Waals surface area contributed by atoms with Gasteiger partial charge in [0.15, 0.2) is 0 Å².